The summed E-state index contributed by atoms with van der Waals surface area (Å²) < 4.78 is 0. The molecule has 1 aliphatic rings. The summed E-state index contributed by atoms with van der Waals surface area (Å²) in [6, 6.07) is 17.3. The fourth-order valence-electron chi connectivity index (χ4n) is 4.07. The molecule has 3 heterocycles. The molecule has 0 spiro atoms. The minimum Gasteiger partial charge on any atom is -0.392 e. The number of hydrogen-bond acceptors (Lipinski definition) is 5. The third kappa shape index (κ3) is 2.58. The van der Waals surface area contributed by atoms with Crippen LogP contribution < -0.4 is 10.9 Å². The Balaban J connectivity index is 1.80. The van der Waals surface area contributed by atoms with Gasteiger partial charge in [-0.2, -0.15) is 5.10 Å². The summed E-state index contributed by atoms with van der Waals surface area (Å²) in [5.41, 5.74) is 4.37. The fourth-order valence-corrected chi connectivity index (χ4v) is 4.07. The highest BCUT2D eigenvalue weighted by Gasteiger charge is 2.34. The van der Waals surface area contributed by atoms with Crippen LogP contribution in [0.5, 0.6) is 0 Å². The Bertz CT molecular complexity index is 1220. The molecule has 0 bridgehead atoms. The van der Waals surface area contributed by atoms with E-state index in [0.717, 1.165) is 33.5 Å². The Morgan fingerprint density at radius 3 is 2.71 bits per heavy atom. The average molecular weight is 370 g/mol. The highest BCUT2D eigenvalue weighted by molar-refractivity contribution is 5.97. The summed E-state index contributed by atoms with van der Waals surface area (Å²) in [4.78, 5) is 16.6. The number of rotatable bonds is 3. The average Bonchev–Trinajstić information content (AvgIpc) is 2.76. The highest BCUT2D eigenvalue weighted by Crippen LogP contribution is 2.46. The second-order valence-electron chi connectivity index (χ2n) is 6.96. The van der Waals surface area contributed by atoms with Crippen LogP contribution in [0, 0.1) is 0 Å². The molecular formula is C22H18N4O2. The summed E-state index contributed by atoms with van der Waals surface area (Å²) in [6.45, 7) is -0.0312. The molecular weight excluding hydrogens is 352 g/mol. The van der Waals surface area contributed by atoms with Crippen LogP contribution in [0.3, 0.4) is 0 Å². The lowest BCUT2D eigenvalue weighted by Crippen LogP contribution is -2.28. The standard InChI is InChI=1S/C22H18N4O2/c27-12-13-4-1-5-14(10-13)18-20(15-6-3-9-23-11-15)24-17-8-2-7-16-19(17)21(18)25-26-22(16)28/h1-11,18,20,24,27H,12H2,(H,26,28). The zero-order valence-electron chi connectivity index (χ0n) is 15.0. The lowest BCUT2D eigenvalue weighted by molar-refractivity contribution is 0.281. The first-order valence-electron chi connectivity index (χ1n) is 9.13. The molecule has 0 radical (unpaired) electrons. The van der Waals surface area contributed by atoms with Crippen LogP contribution in [0.25, 0.3) is 10.8 Å². The van der Waals surface area contributed by atoms with E-state index in [4.69, 9.17) is 0 Å². The maximum atomic E-state index is 12.3. The number of aromatic amines is 1. The van der Waals surface area contributed by atoms with Crippen molar-refractivity contribution in [3.05, 3.63) is 99.7 Å². The summed E-state index contributed by atoms with van der Waals surface area (Å²) >= 11 is 0. The van der Waals surface area contributed by atoms with E-state index in [0.29, 0.717) is 5.39 Å². The van der Waals surface area contributed by atoms with Gasteiger partial charge in [-0.3, -0.25) is 9.78 Å². The van der Waals surface area contributed by atoms with E-state index in [9.17, 15) is 9.90 Å². The number of nitrogens with one attached hydrogen (secondary N) is 2. The van der Waals surface area contributed by atoms with Crippen molar-refractivity contribution in [2.24, 2.45) is 0 Å². The van der Waals surface area contributed by atoms with Gasteiger partial charge in [0, 0.05) is 23.5 Å². The van der Waals surface area contributed by atoms with Crippen molar-refractivity contribution in [2.75, 3.05) is 5.32 Å². The van der Waals surface area contributed by atoms with Gasteiger partial charge in [-0.15, -0.1) is 0 Å². The van der Waals surface area contributed by atoms with Crippen LogP contribution in [0.15, 0.2) is 71.8 Å². The third-order valence-corrected chi connectivity index (χ3v) is 5.32. The van der Waals surface area contributed by atoms with Gasteiger partial charge in [0.2, 0.25) is 0 Å². The first-order chi connectivity index (χ1) is 13.8. The molecule has 0 fully saturated rings. The second kappa shape index (κ2) is 6.58. The second-order valence-corrected chi connectivity index (χ2v) is 6.96. The zero-order chi connectivity index (χ0) is 19.1. The van der Waals surface area contributed by atoms with Crippen LogP contribution in [-0.4, -0.2) is 20.3 Å². The Hall–Kier alpha value is -3.51. The number of nitrogens with zero attached hydrogens (tertiary/aromatic N) is 2. The topological polar surface area (TPSA) is 90.9 Å². The van der Waals surface area contributed by atoms with Crippen molar-refractivity contribution in [1.29, 1.82) is 0 Å². The maximum Gasteiger partial charge on any atom is 0.272 e. The summed E-state index contributed by atoms with van der Waals surface area (Å²) in [5, 5.41) is 21.8. The fraction of sp³-hybridized carbons (Fsp3) is 0.136. The van der Waals surface area contributed by atoms with E-state index in [1.165, 1.54) is 0 Å². The molecule has 6 nitrogen and oxygen atoms in total. The molecule has 2 aromatic heterocycles. The molecule has 1 aliphatic heterocycles. The van der Waals surface area contributed by atoms with E-state index in [1.807, 2.05) is 60.8 Å². The summed E-state index contributed by atoms with van der Waals surface area (Å²) in [5.74, 6) is -0.148. The Kier molecular flexibility index (Phi) is 3.91. The molecule has 0 saturated heterocycles. The first kappa shape index (κ1) is 16.6. The van der Waals surface area contributed by atoms with Crippen LogP contribution in [-0.2, 0) is 6.61 Å². The van der Waals surface area contributed by atoms with Crippen molar-refractivity contribution in [3.8, 4) is 0 Å². The van der Waals surface area contributed by atoms with Crippen molar-refractivity contribution < 1.29 is 5.11 Å². The number of hydrogen-bond donors (Lipinski definition) is 3. The molecule has 6 heteroatoms. The van der Waals surface area contributed by atoms with Gasteiger partial charge in [-0.1, -0.05) is 36.4 Å². The van der Waals surface area contributed by atoms with Gasteiger partial charge in [0.05, 0.1) is 29.6 Å². The molecule has 2 aromatic carbocycles. The smallest absolute Gasteiger partial charge is 0.272 e. The van der Waals surface area contributed by atoms with Gasteiger partial charge in [-0.05, 0) is 34.9 Å². The molecule has 0 saturated carbocycles. The number of anilines is 1. The maximum absolute atomic E-state index is 12.3. The predicted molar refractivity (Wildman–Crippen MR) is 107 cm³/mol. The van der Waals surface area contributed by atoms with Gasteiger partial charge in [0.25, 0.3) is 5.56 Å². The number of pyridine rings is 1. The lowest BCUT2D eigenvalue weighted by atomic mass is 9.80. The molecule has 28 heavy (non-hydrogen) atoms. The van der Waals surface area contributed by atoms with Gasteiger partial charge >= 0.3 is 0 Å². The minimum absolute atomic E-state index is 0.0312. The quantitative estimate of drug-likeness (QED) is 0.515. The van der Waals surface area contributed by atoms with Crippen molar-refractivity contribution in [1.82, 2.24) is 15.2 Å². The van der Waals surface area contributed by atoms with Gasteiger partial charge in [0.1, 0.15) is 0 Å². The molecule has 3 N–H and O–H groups in total. The molecule has 0 aliphatic carbocycles. The SMILES string of the molecule is O=c1[nH]nc2c3c(cccc13)NC(c1cccnc1)C2c1cccc(CO)c1. The summed E-state index contributed by atoms with van der Waals surface area (Å²) in [6.07, 6.45) is 3.59. The van der Waals surface area contributed by atoms with Gasteiger partial charge in [-0.25, -0.2) is 5.10 Å². The largest absolute Gasteiger partial charge is 0.392 e. The molecule has 5 rings (SSSR count). The molecule has 0 amide bonds. The highest BCUT2D eigenvalue weighted by atomic mass is 16.3. The number of aliphatic hydroxyl groups is 1. The van der Waals surface area contributed by atoms with E-state index < -0.39 is 0 Å². The van der Waals surface area contributed by atoms with Crippen molar-refractivity contribution >= 4 is 16.5 Å². The number of aromatic nitrogens is 3. The number of benzene rings is 2. The van der Waals surface area contributed by atoms with Gasteiger partial charge in [0.15, 0.2) is 0 Å². The lowest BCUT2D eigenvalue weighted by Gasteiger charge is -2.34. The zero-order valence-corrected chi connectivity index (χ0v) is 15.0. The minimum atomic E-state index is -0.204. The Morgan fingerprint density at radius 1 is 1.04 bits per heavy atom. The van der Waals surface area contributed by atoms with E-state index in [2.05, 4.69) is 20.5 Å². The Morgan fingerprint density at radius 2 is 1.89 bits per heavy atom. The normalized spacial score (nSPS) is 18.0. The van der Waals surface area contributed by atoms with E-state index in [1.54, 1.807) is 6.20 Å². The van der Waals surface area contributed by atoms with E-state index >= 15 is 0 Å². The van der Waals surface area contributed by atoms with Crippen LogP contribution >= 0.6 is 0 Å². The van der Waals surface area contributed by atoms with Gasteiger partial charge < -0.3 is 10.4 Å². The predicted octanol–water partition coefficient (Wildman–Crippen LogP) is 3.11. The third-order valence-electron chi connectivity index (χ3n) is 5.32. The van der Waals surface area contributed by atoms with E-state index in [-0.39, 0.29) is 24.1 Å². The number of aliphatic hydroxyl groups excluding tert-OH is 1. The van der Waals surface area contributed by atoms with Crippen LogP contribution in [0.4, 0.5) is 5.69 Å². The molecule has 138 valence electrons. The molecule has 4 aromatic rings. The Labute approximate surface area is 160 Å². The summed E-state index contributed by atoms with van der Waals surface area (Å²) in [7, 11) is 0. The van der Waals surface area contributed by atoms with Crippen molar-refractivity contribution in [3.63, 3.8) is 0 Å². The molecule has 2 unspecified atom stereocenters. The van der Waals surface area contributed by atoms with Crippen LogP contribution in [0.1, 0.15) is 34.3 Å². The molecule has 2 atom stereocenters. The van der Waals surface area contributed by atoms with Crippen LogP contribution in [0.2, 0.25) is 0 Å². The number of H-pyrrole nitrogens is 1. The first-order valence-corrected chi connectivity index (χ1v) is 9.13. The monoisotopic (exact) mass is 370 g/mol. The van der Waals surface area contributed by atoms with Crippen molar-refractivity contribution in [2.45, 2.75) is 18.6 Å².